The summed E-state index contributed by atoms with van der Waals surface area (Å²) in [4.78, 5) is 15.8. The van der Waals surface area contributed by atoms with Gasteiger partial charge in [0.2, 0.25) is 0 Å². The molecule has 160 valence electrons. The molecule has 1 unspecified atom stereocenters. The number of fused-ring (bicyclic) bond motifs is 1. The number of nitrogens with zero attached hydrogens (tertiary/aromatic N) is 2. The predicted octanol–water partition coefficient (Wildman–Crippen LogP) is 4.37. The fraction of sp³-hybridized carbons (Fsp3) is 0.360. The number of rotatable bonds is 3. The maximum atomic E-state index is 13.5. The van der Waals surface area contributed by atoms with Crippen LogP contribution in [0.5, 0.6) is 5.75 Å². The highest BCUT2D eigenvalue weighted by atomic mass is 16.5. The first-order valence-corrected chi connectivity index (χ1v) is 10.8. The minimum Gasteiger partial charge on any atom is -0.487 e. The van der Waals surface area contributed by atoms with Crippen LogP contribution in [0.1, 0.15) is 47.0 Å². The van der Waals surface area contributed by atoms with Gasteiger partial charge in [0, 0.05) is 30.6 Å². The SMILES string of the molecule is Cc1onc(-c2ccccc2)c1C(=O)NC1CC2(CCN(C)CC2)Oc2ccccc21. The quantitative estimate of drug-likeness (QED) is 0.686. The van der Waals surface area contributed by atoms with Crippen molar-refractivity contribution in [3.8, 4) is 17.0 Å². The minimum absolute atomic E-state index is 0.126. The Hall–Kier alpha value is -3.12. The fourth-order valence-electron chi connectivity index (χ4n) is 4.74. The second kappa shape index (κ2) is 7.85. The standard InChI is InChI=1S/C25H27N3O3/c1-17-22(23(27-31-17)18-8-4-3-5-9-18)24(29)26-20-16-25(12-14-28(2)15-13-25)30-21-11-7-6-10-19(20)21/h3-11,20H,12-16H2,1-2H3,(H,26,29). The third-order valence-electron chi connectivity index (χ3n) is 6.54. The number of carbonyl (C=O) groups excluding carboxylic acids is 1. The van der Waals surface area contributed by atoms with E-state index in [1.165, 1.54) is 0 Å². The van der Waals surface area contributed by atoms with Crippen LogP contribution < -0.4 is 10.1 Å². The molecule has 1 atom stereocenters. The molecule has 2 aliphatic rings. The highest BCUT2D eigenvalue weighted by Gasteiger charge is 2.43. The van der Waals surface area contributed by atoms with E-state index in [0.29, 0.717) is 17.0 Å². The molecule has 1 spiro atoms. The zero-order valence-corrected chi connectivity index (χ0v) is 17.9. The zero-order valence-electron chi connectivity index (χ0n) is 17.9. The summed E-state index contributed by atoms with van der Waals surface area (Å²) in [6, 6.07) is 17.6. The number of hydrogen-bond donors (Lipinski definition) is 1. The van der Waals surface area contributed by atoms with E-state index in [9.17, 15) is 4.79 Å². The van der Waals surface area contributed by atoms with E-state index in [1.54, 1.807) is 6.92 Å². The Bertz CT molecular complexity index is 1080. The lowest BCUT2D eigenvalue weighted by Gasteiger charge is -2.46. The maximum Gasteiger partial charge on any atom is 0.257 e. The smallest absolute Gasteiger partial charge is 0.257 e. The first-order chi connectivity index (χ1) is 15.0. The lowest BCUT2D eigenvalue weighted by Crippen LogP contribution is -2.51. The lowest BCUT2D eigenvalue weighted by molar-refractivity contribution is -0.0195. The van der Waals surface area contributed by atoms with E-state index in [1.807, 2.05) is 54.6 Å². The van der Waals surface area contributed by atoms with Gasteiger partial charge in [0.25, 0.3) is 5.91 Å². The average Bonchev–Trinajstić information content (AvgIpc) is 3.18. The van der Waals surface area contributed by atoms with Crippen molar-refractivity contribution in [2.24, 2.45) is 0 Å². The Morgan fingerprint density at radius 2 is 1.81 bits per heavy atom. The normalized spacial score (nSPS) is 20.1. The third-order valence-corrected chi connectivity index (χ3v) is 6.54. The molecule has 6 heteroatoms. The van der Waals surface area contributed by atoms with Crippen LogP contribution in [0.4, 0.5) is 0 Å². The summed E-state index contributed by atoms with van der Waals surface area (Å²) in [6.45, 7) is 3.77. The number of aromatic nitrogens is 1. The number of amides is 1. The summed E-state index contributed by atoms with van der Waals surface area (Å²) in [5, 5.41) is 7.45. The van der Waals surface area contributed by atoms with Gasteiger partial charge in [0.05, 0.1) is 6.04 Å². The monoisotopic (exact) mass is 417 g/mol. The number of aryl methyl sites for hydroxylation is 1. The number of nitrogens with one attached hydrogen (secondary N) is 1. The molecule has 1 N–H and O–H groups in total. The second-order valence-electron chi connectivity index (χ2n) is 8.68. The van der Waals surface area contributed by atoms with E-state index in [4.69, 9.17) is 9.26 Å². The van der Waals surface area contributed by atoms with Crippen LogP contribution in [-0.4, -0.2) is 41.7 Å². The maximum absolute atomic E-state index is 13.5. The highest BCUT2D eigenvalue weighted by Crippen LogP contribution is 2.44. The number of hydrogen-bond acceptors (Lipinski definition) is 5. The van der Waals surface area contributed by atoms with Crippen LogP contribution in [0, 0.1) is 6.92 Å². The van der Waals surface area contributed by atoms with Gasteiger partial charge in [-0.25, -0.2) is 0 Å². The van der Waals surface area contributed by atoms with Gasteiger partial charge in [-0.15, -0.1) is 0 Å². The van der Waals surface area contributed by atoms with Crippen molar-refractivity contribution in [3.63, 3.8) is 0 Å². The van der Waals surface area contributed by atoms with Gasteiger partial charge in [-0.3, -0.25) is 4.79 Å². The van der Waals surface area contributed by atoms with Crippen molar-refractivity contribution in [3.05, 3.63) is 71.5 Å². The molecule has 1 amide bonds. The summed E-state index contributed by atoms with van der Waals surface area (Å²) in [7, 11) is 2.14. The number of benzene rings is 2. The zero-order chi connectivity index (χ0) is 21.4. The van der Waals surface area contributed by atoms with Crippen LogP contribution in [0.25, 0.3) is 11.3 Å². The van der Waals surface area contributed by atoms with Crippen LogP contribution in [0.3, 0.4) is 0 Å². The van der Waals surface area contributed by atoms with Gasteiger partial charge >= 0.3 is 0 Å². The number of piperidine rings is 1. The van der Waals surface area contributed by atoms with Gasteiger partial charge in [-0.2, -0.15) is 0 Å². The van der Waals surface area contributed by atoms with Crippen molar-refractivity contribution in [1.82, 2.24) is 15.4 Å². The molecule has 2 aromatic carbocycles. The molecule has 0 radical (unpaired) electrons. The summed E-state index contributed by atoms with van der Waals surface area (Å²) in [6.07, 6.45) is 2.66. The molecule has 6 nitrogen and oxygen atoms in total. The highest BCUT2D eigenvalue weighted by molar-refractivity contribution is 6.01. The Kier molecular flexibility index (Phi) is 5.02. The average molecular weight is 418 g/mol. The molecule has 3 aromatic rings. The molecule has 2 aliphatic heterocycles. The third kappa shape index (κ3) is 3.72. The van der Waals surface area contributed by atoms with Gasteiger partial charge in [-0.1, -0.05) is 53.7 Å². The molecule has 0 saturated carbocycles. The summed E-state index contributed by atoms with van der Waals surface area (Å²) < 4.78 is 11.9. The molecule has 1 saturated heterocycles. The van der Waals surface area contributed by atoms with Gasteiger partial charge < -0.3 is 19.5 Å². The summed E-state index contributed by atoms with van der Waals surface area (Å²) in [5.41, 5.74) is 2.71. The van der Waals surface area contributed by atoms with Gasteiger partial charge in [0.1, 0.15) is 28.4 Å². The molecular formula is C25H27N3O3. The van der Waals surface area contributed by atoms with E-state index in [2.05, 4.69) is 22.4 Å². The van der Waals surface area contributed by atoms with Crippen molar-refractivity contribution >= 4 is 5.91 Å². The Labute approximate surface area is 182 Å². The number of carbonyl (C=O) groups is 1. The van der Waals surface area contributed by atoms with E-state index >= 15 is 0 Å². The van der Waals surface area contributed by atoms with E-state index < -0.39 is 0 Å². The summed E-state index contributed by atoms with van der Waals surface area (Å²) in [5.74, 6) is 1.22. The molecule has 31 heavy (non-hydrogen) atoms. The topological polar surface area (TPSA) is 67.6 Å². The second-order valence-corrected chi connectivity index (χ2v) is 8.68. The number of para-hydroxylation sites is 1. The summed E-state index contributed by atoms with van der Waals surface area (Å²) >= 11 is 0. The Balaban J connectivity index is 1.46. The van der Waals surface area contributed by atoms with Crippen molar-refractivity contribution < 1.29 is 14.1 Å². The van der Waals surface area contributed by atoms with E-state index in [0.717, 1.165) is 49.2 Å². The molecule has 1 aromatic heterocycles. The Morgan fingerprint density at radius 1 is 1.10 bits per heavy atom. The number of likely N-dealkylation sites (tertiary alicyclic amines) is 1. The van der Waals surface area contributed by atoms with Crippen LogP contribution in [0.2, 0.25) is 0 Å². The largest absolute Gasteiger partial charge is 0.487 e. The predicted molar refractivity (Wildman–Crippen MR) is 118 cm³/mol. The van der Waals surface area contributed by atoms with Crippen molar-refractivity contribution in [2.45, 2.75) is 37.8 Å². The number of ether oxygens (including phenoxy) is 1. The van der Waals surface area contributed by atoms with Crippen LogP contribution >= 0.6 is 0 Å². The molecule has 3 heterocycles. The molecule has 0 bridgehead atoms. The van der Waals surface area contributed by atoms with Gasteiger partial charge in [-0.05, 0) is 32.9 Å². The minimum atomic E-state index is -0.245. The van der Waals surface area contributed by atoms with E-state index in [-0.39, 0.29) is 17.6 Å². The van der Waals surface area contributed by atoms with Crippen molar-refractivity contribution in [1.29, 1.82) is 0 Å². The molecular weight excluding hydrogens is 390 g/mol. The van der Waals surface area contributed by atoms with Crippen molar-refractivity contribution in [2.75, 3.05) is 20.1 Å². The van der Waals surface area contributed by atoms with Crippen LogP contribution in [0.15, 0.2) is 59.1 Å². The lowest BCUT2D eigenvalue weighted by atomic mass is 9.80. The fourth-order valence-corrected chi connectivity index (χ4v) is 4.74. The van der Waals surface area contributed by atoms with Gasteiger partial charge in [0.15, 0.2) is 0 Å². The molecule has 0 aliphatic carbocycles. The molecule has 1 fully saturated rings. The molecule has 5 rings (SSSR count). The first kappa shape index (κ1) is 19.8. The first-order valence-electron chi connectivity index (χ1n) is 10.8. The Morgan fingerprint density at radius 3 is 2.58 bits per heavy atom. The van der Waals surface area contributed by atoms with Crippen LogP contribution in [-0.2, 0) is 0 Å².